The minimum absolute atomic E-state index is 0. The van der Waals surface area contributed by atoms with E-state index in [0.29, 0.717) is 6.61 Å². The minimum atomic E-state index is -1.90. The van der Waals surface area contributed by atoms with Gasteiger partial charge in [0.1, 0.15) is 42.0 Å². The van der Waals surface area contributed by atoms with Crippen molar-refractivity contribution in [2.75, 3.05) is 12.8 Å². The Hall–Kier alpha value is -6.58. The second-order valence-electron chi connectivity index (χ2n) is 16.0. The second kappa shape index (κ2) is 19.2. The number of para-hydroxylation sites is 2. The number of ether oxygens (including phenoxy) is 1. The van der Waals surface area contributed by atoms with Gasteiger partial charge in [0, 0.05) is 12.5 Å². The number of fused-ring (bicyclic) bond motifs is 3. The topological polar surface area (TPSA) is 18.0 Å². The number of rotatable bonds is 14. The lowest BCUT2D eigenvalue weighted by Crippen LogP contribution is -3.00. The highest BCUT2D eigenvalue weighted by Gasteiger charge is 2.44. The predicted octanol–water partition coefficient (Wildman–Crippen LogP) is 9.27. The summed E-state index contributed by atoms with van der Waals surface area (Å²) in [6, 6.07) is 81.6. The first-order valence-corrected chi connectivity index (χ1v) is 23.6. The lowest BCUT2D eigenvalue weighted by molar-refractivity contribution is -0.665. The van der Waals surface area contributed by atoms with Crippen molar-refractivity contribution >= 4 is 67.9 Å². The first-order valence-electron chi connectivity index (χ1n) is 21.6. The van der Waals surface area contributed by atoms with Crippen molar-refractivity contribution < 1.29 is 26.3 Å². The fourth-order valence-corrected chi connectivity index (χ4v) is 13.4. The fourth-order valence-electron chi connectivity index (χ4n) is 9.08. The molecule has 0 unspecified atom stereocenters. The van der Waals surface area contributed by atoms with Crippen LogP contribution < -0.4 is 42.2 Å². The first kappa shape index (κ1) is 41.8. The highest BCUT2D eigenvalue weighted by molar-refractivity contribution is 7.95. The monoisotopic (exact) mass is 899 g/mol. The molecule has 0 radical (unpaired) electrons. The van der Waals surface area contributed by atoms with Gasteiger partial charge >= 0.3 is 0 Å². The molecule has 63 heavy (non-hydrogen) atoms. The lowest BCUT2D eigenvalue weighted by Gasteiger charge is -2.27. The largest absolute Gasteiger partial charge is 1.00 e. The molecule has 0 atom stereocenters. The molecule has 0 bridgehead atoms. The van der Waals surface area contributed by atoms with Gasteiger partial charge in [0.05, 0.1) is 12.8 Å². The van der Waals surface area contributed by atoms with E-state index in [1.54, 1.807) is 0 Å². The molecule has 0 aliphatic rings. The van der Waals surface area contributed by atoms with E-state index in [9.17, 15) is 0 Å². The molecule has 308 valence electrons. The van der Waals surface area contributed by atoms with Crippen molar-refractivity contribution in [2.24, 2.45) is 0 Å². The highest BCUT2D eigenvalue weighted by Crippen LogP contribution is 2.55. The van der Waals surface area contributed by atoms with Crippen LogP contribution in [0, 0.1) is 0 Å². The Kier molecular flexibility index (Phi) is 12.7. The zero-order valence-corrected chi connectivity index (χ0v) is 37.7. The Morgan fingerprint density at radius 3 is 1.59 bits per heavy atom. The van der Waals surface area contributed by atoms with E-state index in [2.05, 4.69) is 246 Å². The molecular formula is C58H49BrN2OP+. The van der Waals surface area contributed by atoms with Gasteiger partial charge in [-0.3, -0.25) is 0 Å². The van der Waals surface area contributed by atoms with E-state index < -0.39 is 7.26 Å². The zero-order valence-electron chi connectivity index (χ0n) is 35.2. The van der Waals surface area contributed by atoms with Crippen LogP contribution in [0.4, 0.5) is 0 Å². The van der Waals surface area contributed by atoms with Crippen LogP contribution >= 0.6 is 7.26 Å². The summed E-state index contributed by atoms with van der Waals surface area (Å²) >= 11 is 0. The van der Waals surface area contributed by atoms with Crippen LogP contribution in [0.3, 0.4) is 0 Å². The maximum atomic E-state index is 6.48. The number of nitrogens with zero attached hydrogens (tertiary/aromatic N) is 2. The van der Waals surface area contributed by atoms with E-state index in [0.717, 1.165) is 42.8 Å². The zero-order chi connectivity index (χ0) is 41.6. The van der Waals surface area contributed by atoms with Gasteiger partial charge in [0.2, 0.25) is 0 Å². The number of hydrogen-bond donors (Lipinski definition) is 0. The van der Waals surface area contributed by atoms with Gasteiger partial charge in [0.25, 0.3) is 5.82 Å². The molecule has 9 aromatic carbocycles. The molecule has 5 heteroatoms. The number of hydrogen-bond acceptors (Lipinski definition) is 1. The maximum absolute atomic E-state index is 6.48. The van der Waals surface area contributed by atoms with Gasteiger partial charge in [-0.1, -0.05) is 152 Å². The summed E-state index contributed by atoms with van der Waals surface area (Å²) in [5.41, 5.74) is 6.09. The van der Waals surface area contributed by atoms with Crippen molar-refractivity contribution in [1.29, 1.82) is 0 Å². The quantitative estimate of drug-likeness (QED) is 0.0605. The van der Waals surface area contributed by atoms with E-state index in [4.69, 9.17) is 4.74 Å². The van der Waals surface area contributed by atoms with Gasteiger partial charge < -0.3 is 21.7 Å². The van der Waals surface area contributed by atoms with Crippen LogP contribution in [0.2, 0.25) is 0 Å². The van der Waals surface area contributed by atoms with Crippen molar-refractivity contribution in [2.45, 2.75) is 19.5 Å². The summed E-state index contributed by atoms with van der Waals surface area (Å²) in [4.78, 5) is 0. The summed E-state index contributed by atoms with van der Waals surface area (Å²) in [6.07, 6.45) is 6.49. The standard InChI is InChI=1S/C58H49N2OP.BrH/c1-4-21-53(22-5-1)62(54-23-6-2-7-24-54,55-25-8-3-9-26-55)40-16-39-61-52-36-31-45(32-37-52)33-38-58-59(43-46-29-34-48-17-10-12-19-50(48)41-46)56-27-14-15-28-57(56)60(58)44-47-30-35-49-18-11-13-20-51(49)42-47;/h1-15,17-38,41-42H,16,39-40,43-44H2;1H/q+2;/p-1/b38-33+;. The Balaban J connectivity index is 0.00000504. The normalized spacial score (nSPS) is 11.6. The van der Waals surface area contributed by atoms with Gasteiger partial charge in [-0.25, -0.2) is 9.13 Å². The molecule has 10 rings (SSSR count). The van der Waals surface area contributed by atoms with Gasteiger partial charge in [-0.2, -0.15) is 0 Å². The molecule has 10 aromatic rings. The molecule has 3 nitrogen and oxygen atoms in total. The molecule has 0 aliphatic heterocycles. The molecule has 1 aromatic heterocycles. The predicted molar refractivity (Wildman–Crippen MR) is 264 cm³/mol. The number of halogens is 1. The van der Waals surface area contributed by atoms with Crippen molar-refractivity contribution in [3.05, 3.63) is 247 Å². The summed E-state index contributed by atoms with van der Waals surface area (Å²) in [5.74, 6) is 2.04. The third-order valence-electron chi connectivity index (χ3n) is 12.1. The minimum Gasteiger partial charge on any atom is -1.00 e. The molecule has 0 fully saturated rings. The van der Waals surface area contributed by atoms with E-state index in [1.807, 2.05) is 0 Å². The smallest absolute Gasteiger partial charge is 0.283 e. The molecule has 0 amide bonds. The summed E-state index contributed by atoms with van der Waals surface area (Å²) in [6.45, 7) is 2.16. The van der Waals surface area contributed by atoms with Crippen molar-refractivity contribution in [1.82, 2.24) is 4.57 Å². The second-order valence-corrected chi connectivity index (χ2v) is 19.6. The molecule has 0 saturated heterocycles. The van der Waals surface area contributed by atoms with Crippen LogP contribution in [-0.4, -0.2) is 17.3 Å². The summed E-state index contributed by atoms with van der Waals surface area (Å²) in [5, 5.41) is 9.25. The molecule has 1 heterocycles. The van der Waals surface area contributed by atoms with Crippen LogP contribution in [0.25, 0.3) is 44.7 Å². The fraction of sp³-hybridized carbons (Fsp3) is 0.0862. The van der Waals surface area contributed by atoms with Crippen molar-refractivity contribution in [3.63, 3.8) is 0 Å². The average molecular weight is 901 g/mol. The molecule has 0 saturated carbocycles. The van der Waals surface area contributed by atoms with E-state index in [1.165, 1.54) is 59.6 Å². The van der Waals surface area contributed by atoms with Gasteiger partial charge in [0.15, 0.2) is 11.0 Å². The van der Waals surface area contributed by atoms with Gasteiger partial charge in [-0.05, 0) is 117 Å². The third-order valence-corrected chi connectivity index (χ3v) is 16.7. The third kappa shape index (κ3) is 8.88. The average Bonchev–Trinajstić information content (AvgIpc) is 3.62. The summed E-state index contributed by atoms with van der Waals surface area (Å²) in [7, 11) is -1.90. The molecule has 0 spiro atoms. The molecule has 0 N–H and O–H groups in total. The Bertz CT molecular complexity index is 2910. The molecule has 0 aliphatic carbocycles. The van der Waals surface area contributed by atoms with E-state index in [-0.39, 0.29) is 17.0 Å². The molecular weight excluding hydrogens is 852 g/mol. The van der Waals surface area contributed by atoms with E-state index >= 15 is 0 Å². The first-order chi connectivity index (χ1) is 30.7. The number of imidazole rings is 1. The van der Waals surface area contributed by atoms with Crippen molar-refractivity contribution in [3.8, 4) is 5.75 Å². The Morgan fingerprint density at radius 1 is 0.476 bits per heavy atom. The number of aromatic nitrogens is 2. The maximum Gasteiger partial charge on any atom is 0.283 e. The van der Waals surface area contributed by atoms with Crippen LogP contribution in [0.15, 0.2) is 224 Å². The van der Waals surface area contributed by atoms with Crippen LogP contribution in [-0.2, 0) is 13.1 Å². The van der Waals surface area contributed by atoms with Gasteiger partial charge in [-0.15, -0.1) is 0 Å². The SMILES string of the molecule is C(=C\c1n(Cc2ccc3ccccc3c2)c2ccccc2[n+]1Cc1ccc2ccccc2c1)/c1ccc(OCCC[P+](c2ccccc2)(c2ccccc2)c2ccccc2)cc1.[Br-]. The van der Waals surface area contributed by atoms with Crippen LogP contribution in [0.1, 0.15) is 28.9 Å². The summed E-state index contributed by atoms with van der Waals surface area (Å²) < 4.78 is 11.4. The number of benzene rings is 9. The highest BCUT2D eigenvalue weighted by atomic mass is 79.9. The lowest BCUT2D eigenvalue weighted by atomic mass is 10.1. The Morgan fingerprint density at radius 2 is 0.984 bits per heavy atom. The van der Waals surface area contributed by atoms with Crippen LogP contribution in [0.5, 0.6) is 5.75 Å². The Labute approximate surface area is 381 Å².